The molecular formula is C13H19NO2S. The number of thiophene rings is 1. The fourth-order valence-corrected chi connectivity index (χ4v) is 3.00. The summed E-state index contributed by atoms with van der Waals surface area (Å²) in [4.78, 5) is 14.0. The van der Waals surface area contributed by atoms with Crippen LogP contribution in [0.1, 0.15) is 40.4 Å². The molecule has 1 aromatic rings. The molecule has 0 aromatic carbocycles. The Kier molecular flexibility index (Phi) is 3.04. The van der Waals surface area contributed by atoms with E-state index in [4.69, 9.17) is 0 Å². The molecule has 2 rings (SSSR count). The van der Waals surface area contributed by atoms with Gasteiger partial charge >= 0.3 is 0 Å². The van der Waals surface area contributed by atoms with Gasteiger partial charge in [0.25, 0.3) is 5.91 Å². The Hall–Kier alpha value is -0.870. The van der Waals surface area contributed by atoms with E-state index in [1.54, 1.807) is 0 Å². The lowest BCUT2D eigenvalue weighted by molar-refractivity contribution is -0.0689. The number of hydrogen-bond acceptors (Lipinski definition) is 3. The summed E-state index contributed by atoms with van der Waals surface area (Å²) in [6.07, 6.45) is 0.349. The molecule has 2 N–H and O–H groups in total. The third-order valence-corrected chi connectivity index (χ3v) is 5.06. The summed E-state index contributed by atoms with van der Waals surface area (Å²) >= 11 is 1.53. The lowest BCUT2D eigenvalue weighted by atomic mass is 9.64. The third-order valence-electron chi connectivity index (χ3n) is 3.91. The van der Waals surface area contributed by atoms with E-state index in [9.17, 15) is 9.90 Å². The largest absolute Gasteiger partial charge is 0.392 e. The fourth-order valence-electron chi connectivity index (χ4n) is 2.06. The summed E-state index contributed by atoms with van der Waals surface area (Å²) in [5.74, 6) is -0.0174. The van der Waals surface area contributed by atoms with Crippen LogP contribution >= 0.6 is 11.3 Å². The molecule has 0 bridgehead atoms. The van der Waals surface area contributed by atoms with Gasteiger partial charge in [0.15, 0.2) is 0 Å². The van der Waals surface area contributed by atoms with E-state index in [0.29, 0.717) is 6.42 Å². The third kappa shape index (κ3) is 2.11. The van der Waals surface area contributed by atoms with E-state index in [1.807, 2.05) is 33.8 Å². The molecule has 4 heteroatoms. The predicted octanol–water partition coefficient (Wildman–Crippen LogP) is 2.25. The maximum Gasteiger partial charge on any atom is 0.261 e. The Balaban J connectivity index is 2.03. The van der Waals surface area contributed by atoms with Crippen LogP contribution in [0.25, 0.3) is 0 Å². The van der Waals surface area contributed by atoms with Gasteiger partial charge in [-0.05, 0) is 31.9 Å². The zero-order chi connectivity index (χ0) is 12.8. The molecule has 0 saturated heterocycles. The number of hydrogen-bond donors (Lipinski definition) is 2. The van der Waals surface area contributed by atoms with E-state index in [2.05, 4.69) is 5.32 Å². The molecule has 0 aliphatic heterocycles. The Bertz CT molecular complexity index is 431. The molecule has 2 unspecified atom stereocenters. The highest BCUT2D eigenvalue weighted by atomic mass is 32.1. The molecule has 2 atom stereocenters. The molecule has 3 nitrogen and oxygen atoms in total. The number of amides is 1. The Morgan fingerprint density at radius 3 is 2.59 bits per heavy atom. The lowest BCUT2D eigenvalue weighted by Crippen LogP contribution is -2.61. The first kappa shape index (κ1) is 12.6. The van der Waals surface area contributed by atoms with Gasteiger partial charge in [-0.1, -0.05) is 13.8 Å². The average Bonchev–Trinajstić information content (AvgIpc) is 2.59. The van der Waals surface area contributed by atoms with Crippen LogP contribution in [-0.4, -0.2) is 23.2 Å². The molecule has 1 aliphatic rings. The standard InChI is InChI=1S/C13H19NO2S/c1-7-5-9(17-8(7)2)12(16)14-10-6-11(15)13(10,3)4/h5,10-11,15H,6H2,1-4H3,(H,14,16). The first-order valence-electron chi connectivity index (χ1n) is 5.88. The van der Waals surface area contributed by atoms with Crippen molar-refractivity contribution in [3.05, 3.63) is 21.4 Å². The SMILES string of the molecule is Cc1cc(C(=O)NC2CC(O)C2(C)C)sc1C. The fraction of sp³-hybridized carbons (Fsp3) is 0.615. The smallest absolute Gasteiger partial charge is 0.261 e. The number of carbonyl (C=O) groups is 1. The number of carbonyl (C=O) groups excluding carboxylic acids is 1. The monoisotopic (exact) mass is 253 g/mol. The van der Waals surface area contributed by atoms with Gasteiger partial charge in [-0.3, -0.25) is 4.79 Å². The number of aliphatic hydroxyl groups excluding tert-OH is 1. The van der Waals surface area contributed by atoms with Crippen LogP contribution in [0.2, 0.25) is 0 Å². The molecule has 1 amide bonds. The van der Waals surface area contributed by atoms with Crippen LogP contribution in [0.5, 0.6) is 0 Å². The van der Waals surface area contributed by atoms with Gasteiger partial charge in [0, 0.05) is 16.3 Å². The second kappa shape index (κ2) is 4.10. The van der Waals surface area contributed by atoms with Gasteiger partial charge in [0.2, 0.25) is 0 Å². The second-order valence-corrected chi connectivity index (χ2v) is 6.71. The number of aryl methyl sites for hydroxylation is 2. The van der Waals surface area contributed by atoms with E-state index in [-0.39, 0.29) is 23.5 Å². The Labute approximate surface area is 106 Å². The molecule has 0 spiro atoms. The minimum absolute atomic E-state index is 0.0174. The molecular weight excluding hydrogens is 234 g/mol. The van der Waals surface area contributed by atoms with Crippen LogP contribution in [0, 0.1) is 19.3 Å². The van der Waals surface area contributed by atoms with Crippen molar-refractivity contribution >= 4 is 17.2 Å². The number of nitrogens with one attached hydrogen (secondary N) is 1. The highest BCUT2D eigenvalue weighted by Gasteiger charge is 2.48. The van der Waals surface area contributed by atoms with Crippen molar-refractivity contribution in [2.75, 3.05) is 0 Å². The zero-order valence-corrected chi connectivity index (χ0v) is 11.5. The van der Waals surface area contributed by atoms with Gasteiger partial charge in [0.05, 0.1) is 11.0 Å². The molecule has 1 aromatic heterocycles. The number of aliphatic hydroxyl groups is 1. The van der Waals surface area contributed by atoms with Crippen LogP contribution in [-0.2, 0) is 0 Å². The molecule has 94 valence electrons. The molecule has 17 heavy (non-hydrogen) atoms. The van der Waals surface area contributed by atoms with E-state index >= 15 is 0 Å². The number of rotatable bonds is 2. The molecule has 1 aliphatic carbocycles. The summed E-state index contributed by atoms with van der Waals surface area (Å²) in [5, 5.41) is 12.6. The van der Waals surface area contributed by atoms with Crippen LogP contribution in [0.15, 0.2) is 6.07 Å². The Morgan fingerprint density at radius 2 is 2.18 bits per heavy atom. The quantitative estimate of drug-likeness (QED) is 0.849. The van der Waals surface area contributed by atoms with E-state index in [1.165, 1.54) is 16.2 Å². The lowest BCUT2D eigenvalue weighted by Gasteiger charge is -2.49. The van der Waals surface area contributed by atoms with Crippen LogP contribution < -0.4 is 5.32 Å². The summed E-state index contributed by atoms with van der Waals surface area (Å²) in [6, 6.07) is 2.00. The van der Waals surface area contributed by atoms with Crippen molar-refractivity contribution in [1.82, 2.24) is 5.32 Å². The average molecular weight is 253 g/mol. The highest BCUT2D eigenvalue weighted by molar-refractivity contribution is 7.14. The molecule has 1 heterocycles. The van der Waals surface area contributed by atoms with Crippen molar-refractivity contribution in [2.24, 2.45) is 5.41 Å². The minimum atomic E-state index is -0.306. The van der Waals surface area contributed by atoms with E-state index in [0.717, 1.165) is 10.4 Å². The van der Waals surface area contributed by atoms with Gasteiger partial charge in [-0.15, -0.1) is 11.3 Å². The van der Waals surface area contributed by atoms with Crippen molar-refractivity contribution in [2.45, 2.75) is 46.3 Å². The van der Waals surface area contributed by atoms with Crippen LogP contribution in [0.4, 0.5) is 0 Å². The van der Waals surface area contributed by atoms with Crippen LogP contribution in [0.3, 0.4) is 0 Å². The predicted molar refractivity (Wildman–Crippen MR) is 69.5 cm³/mol. The molecule has 0 radical (unpaired) electrons. The zero-order valence-electron chi connectivity index (χ0n) is 10.7. The van der Waals surface area contributed by atoms with Crippen molar-refractivity contribution in [1.29, 1.82) is 0 Å². The molecule has 1 fully saturated rings. The summed E-state index contributed by atoms with van der Waals surface area (Å²) in [5.41, 5.74) is 0.949. The van der Waals surface area contributed by atoms with Crippen molar-refractivity contribution in [3.63, 3.8) is 0 Å². The van der Waals surface area contributed by atoms with Gasteiger partial charge < -0.3 is 10.4 Å². The summed E-state index contributed by atoms with van der Waals surface area (Å²) in [7, 11) is 0. The maximum absolute atomic E-state index is 12.0. The topological polar surface area (TPSA) is 49.3 Å². The maximum atomic E-state index is 12.0. The minimum Gasteiger partial charge on any atom is -0.392 e. The highest BCUT2D eigenvalue weighted by Crippen LogP contribution is 2.40. The summed E-state index contributed by atoms with van der Waals surface area (Å²) < 4.78 is 0. The Morgan fingerprint density at radius 1 is 1.53 bits per heavy atom. The normalized spacial score (nSPS) is 26.4. The van der Waals surface area contributed by atoms with Gasteiger partial charge in [0.1, 0.15) is 0 Å². The van der Waals surface area contributed by atoms with Gasteiger partial charge in [-0.25, -0.2) is 0 Å². The van der Waals surface area contributed by atoms with Crippen molar-refractivity contribution < 1.29 is 9.90 Å². The summed E-state index contributed by atoms with van der Waals surface area (Å²) in [6.45, 7) is 8.00. The first-order chi connectivity index (χ1) is 7.82. The first-order valence-corrected chi connectivity index (χ1v) is 6.70. The molecule has 1 saturated carbocycles. The van der Waals surface area contributed by atoms with E-state index < -0.39 is 0 Å². The van der Waals surface area contributed by atoms with Crippen molar-refractivity contribution in [3.8, 4) is 0 Å². The second-order valence-electron chi connectivity index (χ2n) is 5.45. The van der Waals surface area contributed by atoms with Gasteiger partial charge in [-0.2, -0.15) is 0 Å².